The molecule has 37 heavy (non-hydrogen) atoms. The lowest BCUT2D eigenvalue weighted by molar-refractivity contribution is -0.140. The molecule has 0 radical (unpaired) electrons. The molecule has 190 valence electrons. The van der Waals surface area contributed by atoms with Gasteiger partial charge in [-0.05, 0) is 42.3 Å². The van der Waals surface area contributed by atoms with Gasteiger partial charge in [-0.1, -0.05) is 71.8 Å². The zero-order valence-electron chi connectivity index (χ0n) is 20.6. The largest absolute Gasteiger partial charge is 0.507 e. The number of morpholine rings is 1. The van der Waals surface area contributed by atoms with Crippen LogP contribution in [0.15, 0.2) is 84.4 Å². The quantitative estimate of drug-likeness (QED) is 0.279. The predicted octanol–water partition coefficient (Wildman–Crippen LogP) is 5.14. The third kappa shape index (κ3) is 5.18. The number of Topliss-reactive ketones (excluding diaryl/α,β-unsaturated/α-hetero) is 1. The molecule has 1 N–H and O–H groups in total. The Morgan fingerprint density at radius 3 is 2.27 bits per heavy atom. The maximum Gasteiger partial charge on any atom is 0.295 e. The van der Waals surface area contributed by atoms with Crippen molar-refractivity contribution in [3.8, 4) is 0 Å². The number of benzene rings is 3. The smallest absolute Gasteiger partial charge is 0.295 e. The second-order valence-corrected chi connectivity index (χ2v) is 9.88. The Bertz CT molecular complexity index is 1300. The highest BCUT2D eigenvalue weighted by Crippen LogP contribution is 2.41. The zero-order chi connectivity index (χ0) is 25.9. The fourth-order valence-corrected chi connectivity index (χ4v) is 5.24. The van der Waals surface area contributed by atoms with Gasteiger partial charge in [-0.3, -0.25) is 14.5 Å². The average Bonchev–Trinajstić information content (AvgIpc) is 3.18. The molecule has 3 aromatic carbocycles. The van der Waals surface area contributed by atoms with Crippen LogP contribution in [0.1, 0.15) is 34.3 Å². The van der Waals surface area contributed by atoms with Gasteiger partial charge in [0.1, 0.15) is 5.76 Å². The van der Waals surface area contributed by atoms with Crippen molar-refractivity contribution in [2.24, 2.45) is 0 Å². The Kier molecular flexibility index (Phi) is 7.42. The highest BCUT2D eigenvalue weighted by molar-refractivity contribution is 6.46. The summed E-state index contributed by atoms with van der Waals surface area (Å²) in [6.45, 7) is 4.95. The molecule has 3 aromatic rings. The first kappa shape index (κ1) is 25.2. The van der Waals surface area contributed by atoms with Gasteiger partial charge in [0.25, 0.3) is 11.7 Å². The number of hydrogen-bond acceptors (Lipinski definition) is 5. The monoisotopic (exact) mass is 516 g/mol. The van der Waals surface area contributed by atoms with E-state index in [9.17, 15) is 14.7 Å². The molecule has 5 rings (SSSR count). The number of halogens is 1. The van der Waals surface area contributed by atoms with Gasteiger partial charge >= 0.3 is 0 Å². The van der Waals surface area contributed by atoms with Crippen LogP contribution in [0.3, 0.4) is 0 Å². The molecule has 0 spiro atoms. The molecule has 0 aliphatic carbocycles. The number of nitrogens with zero attached hydrogens (tertiary/aromatic N) is 2. The first-order valence-electron chi connectivity index (χ1n) is 12.4. The molecule has 2 fully saturated rings. The van der Waals surface area contributed by atoms with Crippen LogP contribution >= 0.6 is 11.6 Å². The number of hydrogen-bond donors (Lipinski definition) is 1. The lowest BCUT2D eigenvalue weighted by Gasteiger charge is -2.38. The fourth-order valence-electron chi connectivity index (χ4n) is 5.11. The van der Waals surface area contributed by atoms with Crippen molar-refractivity contribution in [3.63, 3.8) is 0 Å². The number of carbonyl (C=O) groups is 2. The molecule has 0 unspecified atom stereocenters. The van der Waals surface area contributed by atoms with Crippen LogP contribution in [-0.2, 0) is 14.3 Å². The van der Waals surface area contributed by atoms with Gasteiger partial charge in [0, 0.05) is 30.2 Å². The predicted molar refractivity (Wildman–Crippen MR) is 143 cm³/mol. The molecule has 6 nitrogen and oxygen atoms in total. The van der Waals surface area contributed by atoms with E-state index in [1.54, 1.807) is 29.2 Å². The van der Waals surface area contributed by atoms with Crippen LogP contribution in [0.2, 0.25) is 5.02 Å². The van der Waals surface area contributed by atoms with Crippen molar-refractivity contribution < 1.29 is 19.4 Å². The van der Waals surface area contributed by atoms with Crippen molar-refractivity contribution in [1.82, 2.24) is 9.80 Å². The summed E-state index contributed by atoms with van der Waals surface area (Å²) in [5.41, 5.74) is 3.42. The van der Waals surface area contributed by atoms with E-state index >= 15 is 0 Å². The Labute approximate surface area is 221 Å². The molecule has 1 amide bonds. The van der Waals surface area contributed by atoms with Crippen LogP contribution in [0.5, 0.6) is 0 Å². The van der Waals surface area contributed by atoms with Gasteiger partial charge in [-0.25, -0.2) is 0 Å². The van der Waals surface area contributed by atoms with Gasteiger partial charge < -0.3 is 14.7 Å². The molecular formula is C30H29ClN2O4. The lowest BCUT2D eigenvalue weighted by atomic mass is 9.94. The van der Waals surface area contributed by atoms with E-state index < -0.39 is 17.7 Å². The maximum atomic E-state index is 13.6. The van der Waals surface area contributed by atoms with Crippen LogP contribution in [-0.4, -0.2) is 59.4 Å². The Balaban J connectivity index is 1.60. The van der Waals surface area contributed by atoms with Gasteiger partial charge in [0.05, 0.1) is 30.9 Å². The molecule has 2 heterocycles. The van der Waals surface area contributed by atoms with E-state index in [1.165, 1.54) is 0 Å². The molecule has 2 aliphatic heterocycles. The number of ether oxygens (including phenoxy) is 1. The Morgan fingerprint density at radius 1 is 0.973 bits per heavy atom. The first-order chi connectivity index (χ1) is 17.9. The highest BCUT2D eigenvalue weighted by atomic mass is 35.5. The average molecular weight is 517 g/mol. The van der Waals surface area contributed by atoms with Crippen molar-refractivity contribution in [1.29, 1.82) is 0 Å². The van der Waals surface area contributed by atoms with E-state index in [-0.39, 0.29) is 17.4 Å². The van der Waals surface area contributed by atoms with Gasteiger partial charge in [0.2, 0.25) is 0 Å². The molecular weight excluding hydrogens is 488 g/mol. The minimum atomic E-state index is -0.719. The summed E-state index contributed by atoms with van der Waals surface area (Å²) in [5, 5.41) is 11.8. The lowest BCUT2D eigenvalue weighted by Crippen LogP contribution is -2.45. The molecule has 2 saturated heterocycles. The number of likely N-dealkylation sites (tertiary alicyclic amines) is 1. The van der Waals surface area contributed by atoms with Crippen molar-refractivity contribution >= 4 is 29.1 Å². The van der Waals surface area contributed by atoms with Gasteiger partial charge in [-0.15, -0.1) is 0 Å². The first-order valence-corrected chi connectivity index (χ1v) is 12.8. The second-order valence-electron chi connectivity index (χ2n) is 9.44. The minimum absolute atomic E-state index is 0.0879. The molecule has 0 aromatic heterocycles. The molecule has 7 heteroatoms. The van der Waals surface area contributed by atoms with E-state index in [1.807, 2.05) is 61.5 Å². The number of ketones is 1. The van der Waals surface area contributed by atoms with Crippen molar-refractivity contribution in [2.45, 2.75) is 19.0 Å². The van der Waals surface area contributed by atoms with Crippen LogP contribution < -0.4 is 0 Å². The zero-order valence-corrected chi connectivity index (χ0v) is 21.4. The molecule has 2 aliphatic rings. The van der Waals surface area contributed by atoms with Crippen LogP contribution in [0.4, 0.5) is 0 Å². The summed E-state index contributed by atoms with van der Waals surface area (Å²) in [6.07, 6.45) is 0. The number of rotatable bonds is 6. The van der Waals surface area contributed by atoms with E-state index in [4.69, 9.17) is 16.3 Å². The van der Waals surface area contributed by atoms with E-state index in [2.05, 4.69) is 4.90 Å². The number of amides is 1. The summed E-state index contributed by atoms with van der Waals surface area (Å²) in [4.78, 5) is 31.0. The minimum Gasteiger partial charge on any atom is -0.507 e. The maximum absolute atomic E-state index is 13.6. The van der Waals surface area contributed by atoms with E-state index in [0.29, 0.717) is 30.3 Å². The Morgan fingerprint density at radius 2 is 1.62 bits per heavy atom. The summed E-state index contributed by atoms with van der Waals surface area (Å²) < 4.78 is 5.58. The standard InChI is InChI=1S/C30H29ClN2O4/c1-20-7-9-22(10-8-20)27-26(28(34)23-11-13-24(31)14-12-23)29(35)30(36)33(27)19-25(21-5-3-2-4-6-21)32-15-17-37-18-16-32/h2-14,25,27,34H,15-19H2,1H3/t25-,27-/m0/s1. The highest BCUT2D eigenvalue weighted by Gasteiger charge is 2.47. The summed E-state index contributed by atoms with van der Waals surface area (Å²) in [5.74, 6) is -1.51. The molecule has 0 bridgehead atoms. The fraction of sp³-hybridized carbons (Fsp3) is 0.267. The topological polar surface area (TPSA) is 70.1 Å². The van der Waals surface area contributed by atoms with Gasteiger partial charge in [0.15, 0.2) is 0 Å². The molecule has 2 atom stereocenters. The normalized spacial score (nSPS) is 20.8. The number of aliphatic hydroxyl groups excluding tert-OH is 1. The van der Waals surface area contributed by atoms with Gasteiger partial charge in [-0.2, -0.15) is 0 Å². The SMILES string of the molecule is Cc1ccc([C@H]2C(=C(O)c3ccc(Cl)cc3)C(=O)C(=O)N2C[C@@H](c2ccccc2)N2CCOCC2)cc1. The number of carbonyl (C=O) groups excluding carboxylic acids is 2. The molecule has 0 saturated carbocycles. The van der Waals surface area contributed by atoms with Crippen molar-refractivity contribution in [3.05, 3.63) is 112 Å². The summed E-state index contributed by atoms with van der Waals surface area (Å²) >= 11 is 6.04. The number of aryl methyl sites for hydroxylation is 1. The van der Waals surface area contributed by atoms with Crippen LogP contribution in [0.25, 0.3) is 5.76 Å². The Hall–Kier alpha value is -3.45. The summed E-state index contributed by atoms with van der Waals surface area (Å²) in [7, 11) is 0. The third-order valence-electron chi connectivity index (χ3n) is 7.09. The number of aliphatic hydroxyl groups is 1. The third-order valence-corrected chi connectivity index (χ3v) is 7.34. The van der Waals surface area contributed by atoms with E-state index in [0.717, 1.165) is 29.8 Å². The second kappa shape index (κ2) is 10.9. The summed E-state index contributed by atoms with van der Waals surface area (Å²) in [6, 6.07) is 23.5. The van der Waals surface area contributed by atoms with Crippen molar-refractivity contribution in [2.75, 3.05) is 32.8 Å². The van der Waals surface area contributed by atoms with Crippen LogP contribution in [0, 0.1) is 6.92 Å².